The summed E-state index contributed by atoms with van der Waals surface area (Å²) in [5.41, 5.74) is 0. The van der Waals surface area contributed by atoms with Crippen LogP contribution in [0.15, 0.2) is 0 Å². The number of nitrogens with zero attached hydrogens (tertiary/aromatic N) is 1. The van der Waals surface area contributed by atoms with Crippen LogP contribution < -0.4 is 0 Å². The third-order valence-corrected chi connectivity index (χ3v) is 14.6. The highest BCUT2D eigenvalue weighted by atomic mass is 32.2. The van der Waals surface area contributed by atoms with Gasteiger partial charge in [-0.3, -0.25) is 4.79 Å². The number of thioether (sulfide) groups is 1. The molecule has 0 heterocycles. The molecule has 354 valence electrons. The molecule has 0 spiro atoms. The minimum atomic E-state index is -2.27. The molecule has 0 aliphatic heterocycles. The van der Waals surface area contributed by atoms with Gasteiger partial charge in [0.2, 0.25) is 0 Å². The van der Waals surface area contributed by atoms with Gasteiger partial charge in [-0.1, -0.05) is 169 Å². The van der Waals surface area contributed by atoms with Gasteiger partial charge < -0.3 is 28.3 Å². The molecule has 0 aliphatic rings. The molecule has 7 nitrogen and oxygen atoms in total. The van der Waals surface area contributed by atoms with Gasteiger partial charge in [0.1, 0.15) is 11.5 Å². The summed E-state index contributed by atoms with van der Waals surface area (Å²) in [6.07, 6.45) is 39.5. The van der Waals surface area contributed by atoms with E-state index in [1.165, 1.54) is 135 Å². The standard InChI is InChI=1S/C50H103NO6SSi/c1-7-11-15-18-21-22-27-37-47-58-48(38-14-10-4)50(53)55-45-35-26-23-30-40-51(42-32-33-43-52)41-31-28-29-39-49(54-44-34-24-19-16-12-8-2)57-59(5,6)56-46-36-25-20-17-13-9-3/h48-49,52H,7-47H2,1-6H3. The lowest BCUT2D eigenvalue weighted by Gasteiger charge is -2.29. The maximum atomic E-state index is 13.0. The summed E-state index contributed by atoms with van der Waals surface area (Å²) >= 11 is 1.84. The first-order valence-corrected chi connectivity index (χ1v) is 29.7. The summed E-state index contributed by atoms with van der Waals surface area (Å²) in [7, 11) is -2.27. The number of aliphatic hydroxyl groups is 1. The number of aliphatic hydroxyl groups excluding tert-OH is 1. The molecule has 2 atom stereocenters. The first-order chi connectivity index (χ1) is 28.8. The Labute approximate surface area is 374 Å². The second-order valence-corrected chi connectivity index (χ2v) is 22.5. The summed E-state index contributed by atoms with van der Waals surface area (Å²) < 4.78 is 25.2. The van der Waals surface area contributed by atoms with Gasteiger partial charge in [-0.05, 0) is 109 Å². The van der Waals surface area contributed by atoms with E-state index >= 15 is 0 Å². The Morgan fingerprint density at radius 2 is 0.983 bits per heavy atom. The van der Waals surface area contributed by atoms with Crippen molar-refractivity contribution in [3.8, 4) is 0 Å². The first-order valence-electron chi connectivity index (χ1n) is 25.9. The minimum Gasteiger partial charge on any atom is -0.465 e. The molecule has 0 fully saturated rings. The van der Waals surface area contributed by atoms with Crippen molar-refractivity contribution >= 4 is 26.3 Å². The predicted molar refractivity (Wildman–Crippen MR) is 260 cm³/mol. The van der Waals surface area contributed by atoms with Crippen molar-refractivity contribution in [3.63, 3.8) is 0 Å². The maximum Gasteiger partial charge on any atom is 0.333 e. The van der Waals surface area contributed by atoms with Crippen LogP contribution in [0.25, 0.3) is 0 Å². The Kier molecular flexibility index (Phi) is 45.7. The van der Waals surface area contributed by atoms with E-state index in [1.54, 1.807) is 0 Å². The van der Waals surface area contributed by atoms with E-state index in [0.717, 1.165) is 116 Å². The number of carbonyl (C=O) groups excluding carboxylic acids is 1. The summed E-state index contributed by atoms with van der Waals surface area (Å²) in [6.45, 7) is 19.0. The molecule has 0 radical (unpaired) electrons. The Balaban J connectivity index is 4.60. The fourth-order valence-corrected chi connectivity index (χ4v) is 10.3. The molecule has 1 N–H and O–H groups in total. The van der Waals surface area contributed by atoms with Crippen molar-refractivity contribution in [3.05, 3.63) is 0 Å². The van der Waals surface area contributed by atoms with E-state index in [2.05, 4.69) is 45.7 Å². The second-order valence-electron chi connectivity index (χ2n) is 17.9. The average Bonchev–Trinajstić information content (AvgIpc) is 3.22. The first kappa shape index (κ1) is 58.8. The zero-order valence-corrected chi connectivity index (χ0v) is 42.3. The third-order valence-electron chi connectivity index (χ3n) is 11.5. The molecule has 0 saturated carbocycles. The van der Waals surface area contributed by atoms with Gasteiger partial charge in [0.25, 0.3) is 0 Å². The van der Waals surface area contributed by atoms with Gasteiger partial charge in [-0.2, -0.15) is 0 Å². The van der Waals surface area contributed by atoms with Gasteiger partial charge in [0.05, 0.1) is 6.61 Å². The van der Waals surface area contributed by atoms with Gasteiger partial charge in [-0.25, -0.2) is 0 Å². The summed E-state index contributed by atoms with van der Waals surface area (Å²) in [6, 6.07) is 0. The zero-order chi connectivity index (χ0) is 43.3. The quantitative estimate of drug-likeness (QED) is 0.0280. The van der Waals surface area contributed by atoms with Gasteiger partial charge >= 0.3 is 14.5 Å². The normalized spacial score (nSPS) is 13.1. The molecular formula is C50H103NO6SSi. The summed E-state index contributed by atoms with van der Waals surface area (Å²) in [5, 5.41) is 9.42. The lowest BCUT2D eigenvalue weighted by Crippen LogP contribution is -2.40. The summed E-state index contributed by atoms with van der Waals surface area (Å²) in [5.74, 6) is 1.09. The molecule has 59 heavy (non-hydrogen) atoms. The van der Waals surface area contributed by atoms with E-state index in [-0.39, 0.29) is 24.1 Å². The van der Waals surface area contributed by atoms with Gasteiger partial charge in [0, 0.05) is 19.8 Å². The van der Waals surface area contributed by atoms with Crippen LogP contribution in [0, 0.1) is 0 Å². The van der Waals surface area contributed by atoms with Crippen molar-refractivity contribution in [1.82, 2.24) is 4.90 Å². The fourth-order valence-electron chi connectivity index (χ4n) is 7.61. The highest BCUT2D eigenvalue weighted by Gasteiger charge is 2.29. The van der Waals surface area contributed by atoms with E-state index in [0.29, 0.717) is 6.61 Å². The zero-order valence-electron chi connectivity index (χ0n) is 40.5. The fraction of sp³-hybridized carbons (Fsp3) is 0.980. The highest BCUT2D eigenvalue weighted by Crippen LogP contribution is 2.22. The van der Waals surface area contributed by atoms with Crippen LogP contribution in [-0.4, -0.2) is 87.9 Å². The molecule has 2 unspecified atom stereocenters. The largest absolute Gasteiger partial charge is 0.465 e. The molecule has 0 amide bonds. The number of esters is 1. The second kappa shape index (κ2) is 45.8. The third kappa shape index (κ3) is 41.6. The van der Waals surface area contributed by atoms with Crippen LogP contribution in [0.1, 0.15) is 240 Å². The SMILES string of the molecule is CCCCCCCCCCSC(CCCC)C(=O)OCCCCCCN(CCCCO)CCCCCC(OCCCCCCCC)O[Si](C)(C)OCCCCCCCC. The van der Waals surface area contributed by atoms with Crippen molar-refractivity contribution in [2.24, 2.45) is 0 Å². The monoisotopic (exact) mass is 874 g/mol. The van der Waals surface area contributed by atoms with E-state index in [1.807, 2.05) is 11.8 Å². The highest BCUT2D eigenvalue weighted by molar-refractivity contribution is 8.00. The number of hydrogen-bond acceptors (Lipinski definition) is 8. The number of unbranched alkanes of at least 4 members (excludes halogenated alkanes) is 24. The van der Waals surface area contributed by atoms with Crippen molar-refractivity contribution in [1.29, 1.82) is 0 Å². The van der Waals surface area contributed by atoms with Crippen molar-refractivity contribution in [2.45, 2.75) is 264 Å². The number of hydrogen-bond donors (Lipinski definition) is 1. The molecule has 0 saturated heterocycles. The molecule has 0 bridgehead atoms. The average molecular weight is 875 g/mol. The molecular weight excluding hydrogens is 771 g/mol. The maximum absolute atomic E-state index is 13.0. The molecule has 0 aromatic rings. The van der Waals surface area contributed by atoms with Crippen LogP contribution in [0.3, 0.4) is 0 Å². The summed E-state index contributed by atoms with van der Waals surface area (Å²) in [4.78, 5) is 15.6. The Bertz CT molecular complexity index is 854. The number of ether oxygens (including phenoxy) is 2. The Morgan fingerprint density at radius 3 is 1.54 bits per heavy atom. The topological polar surface area (TPSA) is 77.5 Å². The van der Waals surface area contributed by atoms with Crippen LogP contribution in [0.4, 0.5) is 0 Å². The number of carbonyl (C=O) groups is 1. The number of rotatable bonds is 49. The Morgan fingerprint density at radius 1 is 0.525 bits per heavy atom. The van der Waals surface area contributed by atoms with Gasteiger partial charge in [-0.15, -0.1) is 11.8 Å². The molecule has 0 rings (SSSR count). The minimum absolute atomic E-state index is 0.00505. The molecule has 0 aliphatic carbocycles. The lowest BCUT2D eigenvalue weighted by molar-refractivity contribution is -0.143. The van der Waals surface area contributed by atoms with Crippen LogP contribution in [-0.2, 0) is 23.1 Å². The molecule has 0 aromatic heterocycles. The molecule has 9 heteroatoms. The van der Waals surface area contributed by atoms with E-state index in [4.69, 9.17) is 18.3 Å². The van der Waals surface area contributed by atoms with Crippen LogP contribution in [0.2, 0.25) is 13.1 Å². The van der Waals surface area contributed by atoms with Gasteiger partial charge in [0.15, 0.2) is 0 Å². The van der Waals surface area contributed by atoms with E-state index in [9.17, 15) is 9.90 Å². The van der Waals surface area contributed by atoms with Crippen molar-refractivity contribution in [2.75, 3.05) is 51.8 Å². The van der Waals surface area contributed by atoms with Crippen LogP contribution in [0.5, 0.6) is 0 Å². The van der Waals surface area contributed by atoms with Crippen LogP contribution >= 0.6 is 11.8 Å². The van der Waals surface area contributed by atoms with Crippen molar-refractivity contribution < 1.29 is 28.2 Å². The molecule has 0 aromatic carbocycles. The smallest absolute Gasteiger partial charge is 0.333 e. The van der Waals surface area contributed by atoms with E-state index < -0.39 is 8.56 Å². The Hall–Kier alpha value is -0.163. The lowest BCUT2D eigenvalue weighted by atomic mass is 10.1. The predicted octanol–water partition coefficient (Wildman–Crippen LogP) is 15.0.